The van der Waals surface area contributed by atoms with E-state index >= 15 is 0 Å². The minimum Gasteiger partial charge on any atom is -0.336 e. The number of rotatable bonds is 4. The summed E-state index contributed by atoms with van der Waals surface area (Å²) in [5.74, 6) is -0.459. The Bertz CT molecular complexity index is 935. The van der Waals surface area contributed by atoms with Gasteiger partial charge in [-0.25, -0.2) is 16.8 Å². The van der Waals surface area contributed by atoms with E-state index in [1.54, 1.807) is 16.7 Å². The zero-order valence-corrected chi connectivity index (χ0v) is 17.9. The van der Waals surface area contributed by atoms with Gasteiger partial charge in [0, 0.05) is 36.6 Å². The van der Waals surface area contributed by atoms with Gasteiger partial charge in [0.15, 0.2) is 9.84 Å². The van der Waals surface area contributed by atoms with Crippen molar-refractivity contribution in [3.05, 3.63) is 29.3 Å². The maximum atomic E-state index is 12.9. The number of piperazine rings is 1. The average Bonchev–Trinajstić information content (AvgIpc) is 3.02. The van der Waals surface area contributed by atoms with Crippen molar-refractivity contribution < 1.29 is 21.6 Å². The van der Waals surface area contributed by atoms with Crippen LogP contribution in [0.1, 0.15) is 22.3 Å². The van der Waals surface area contributed by atoms with Crippen molar-refractivity contribution >= 4 is 37.5 Å². The first-order valence-electron chi connectivity index (χ1n) is 8.77. The number of hydrogen-bond acceptors (Lipinski definition) is 6. The Morgan fingerprint density at radius 3 is 2.41 bits per heavy atom. The molecule has 0 aliphatic carbocycles. The molecule has 2 fully saturated rings. The summed E-state index contributed by atoms with van der Waals surface area (Å²) in [6.45, 7) is 2.90. The number of nitrogens with zero attached hydrogens (tertiary/aromatic N) is 2. The van der Waals surface area contributed by atoms with E-state index in [9.17, 15) is 21.6 Å². The lowest BCUT2D eigenvalue weighted by Gasteiger charge is -2.35. The second-order valence-corrected chi connectivity index (χ2v) is 12.3. The van der Waals surface area contributed by atoms with Gasteiger partial charge in [0.2, 0.25) is 10.0 Å². The minimum absolute atomic E-state index is 0.0690. The van der Waals surface area contributed by atoms with E-state index in [1.807, 2.05) is 31.4 Å². The fraction of sp³-hybridized carbons (Fsp3) is 0.588. The van der Waals surface area contributed by atoms with Gasteiger partial charge in [-0.3, -0.25) is 4.79 Å². The highest BCUT2D eigenvalue weighted by molar-refractivity contribution is 7.98. The highest BCUT2D eigenvalue weighted by Gasteiger charge is 2.41. The molecule has 0 radical (unpaired) electrons. The van der Waals surface area contributed by atoms with Crippen LogP contribution in [0.3, 0.4) is 0 Å². The molecule has 0 spiro atoms. The van der Waals surface area contributed by atoms with Gasteiger partial charge in [0.25, 0.3) is 5.91 Å². The summed E-state index contributed by atoms with van der Waals surface area (Å²) >= 11 is 1.57. The lowest BCUT2D eigenvalue weighted by molar-refractivity contribution is 0.0696. The van der Waals surface area contributed by atoms with E-state index in [-0.39, 0.29) is 36.9 Å². The van der Waals surface area contributed by atoms with Gasteiger partial charge in [-0.05, 0) is 37.3 Å². The third kappa shape index (κ3) is 4.33. The molecule has 0 bridgehead atoms. The van der Waals surface area contributed by atoms with E-state index in [1.165, 1.54) is 4.31 Å². The van der Waals surface area contributed by atoms with E-state index < -0.39 is 25.1 Å². The second-order valence-electron chi connectivity index (χ2n) is 6.94. The van der Waals surface area contributed by atoms with Crippen LogP contribution in [0.15, 0.2) is 23.1 Å². The molecule has 0 aromatic heterocycles. The van der Waals surface area contributed by atoms with Crippen molar-refractivity contribution in [3.8, 4) is 0 Å². The van der Waals surface area contributed by atoms with Gasteiger partial charge in [0.1, 0.15) is 0 Å². The minimum atomic E-state index is -3.65. The molecule has 3 rings (SSSR count). The number of aryl methyl sites for hydroxylation is 1. The first-order valence-corrected chi connectivity index (χ1v) is 13.3. The lowest BCUT2D eigenvalue weighted by atomic mass is 10.1. The molecule has 2 aliphatic rings. The van der Waals surface area contributed by atoms with E-state index in [4.69, 9.17) is 0 Å². The molecule has 10 heteroatoms. The van der Waals surface area contributed by atoms with Gasteiger partial charge in [-0.2, -0.15) is 4.31 Å². The summed E-state index contributed by atoms with van der Waals surface area (Å²) < 4.78 is 50.0. The molecule has 1 atom stereocenters. The molecule has 2 saturated heterocycles. The SMILES string of the molecule is CSc1ccc(C)c(C(=O)N2CCN(S(=O)(=O)C3CCS(=O)(=O)C3)CC2)c1. The predicted molar refractivity (Wildman–Crippen MR) is 106 cm³/mol. The average molecular weight is 433 g/mol. The van der Waals surface area contributed by atoms with E-state index in [0.717, 1.165) is 10.5 Å². The zero-order chi connectivity index (χ0) is 19.8. The number of carbonyl (C=O) groups is 1. The van der Waals surface area contributed by atoms with Crippen LogP contribution < -0.4 is 0 Å². The maximum absolute atomic E-state index is 12.9. The third-order valence-corrected chi connectivity index (χ3v) is 10.2. The van der Waals surface area contributed by atoms with Crippen LogP contribution in [-0.4, -0.2) is 81.1 Å². The summed E-state index contributed by atoms with van der Waals surface area (Å²) in [6.07, 6.45) is 2.11. The summed E-state index contributed by atoms with van der Waals surface area (Å²) in [5.41, 5.74) is 1.53. The smallest absolute Gasteiger partial charge is 0.254 e. The van der Waals surface area contributed by atoms with Gasteiger partial charge < -0.3 is 4.90 Å². The van der Waals surface area contributed by atoms with Crippen LogP contribution >= 0.6 is 11.8 Å². The largest absolute Gasteiger partial charge is 0.336 e. The van der Waals surface area contributed by atoms with Crippen molar-refractivity contribution in [2.24, 2.45) is 0 Å². The lowest BCUT2D eigenvalue weighted by Crippen LogP contribution is -2.52. The Morgan fingerprint density at radius 1 is 1.19 bits per heavy atom. The monoisotopic (exact) mass is 432 g/mol. The molecule has 2 aliphatic heterocycles. The van der Waals surface area contributed by atoms with Gasteiger partial charge in [0.05, 0.1) is 16.8 Å². The molecule has 0 N–H and O–H groups in total. The number of hydrogen-bond donors (Lipinski definition) is 0. The Labute approximate surface area is 165 Å². The number of sulfonamides is 1. The molecule has 1 aromatic rings. The maximum Gasteiger partial charge on any atom is 0.254 e. The fourth-order valence-corrected chi connectivity index (χ4v) is 8.43. The third-order valence-electron chi connectivity index (χ3n) is 5.17. The number of thioether (sulfide) groups is 1. The number of amides is 1. The summed E-state index contributed by atoms with van der Waals surface area (Å²) in [5, 5.41) is -0.856. The molecular formula is C17H24N2O5S3. The topological polar surface area (TPSA) is 91.8 Å². The highest BCUT2D eigenvalue weighted by Crippen LogP contribution is 2.24. The number of carbonyl (C=O) groups excluding carboxylic acids is 1. The predicted octanol–water partition coefficient (Wildman–Crippen LogP) is 0.992. The Kier molecular flexibility index (Phi) is 5.90. The Balaban J connectivity index is 1.68. The summed E-state index contributed by atoms with van der Waals surface area (Å²) in [6, 6.07) is 5.76. The Morgan fingerprint density at radius 2 is 1.85 bits per heavy atom. The molecule has 1 aromatic carbocycles. The second kappa shape index (κ2) is 7.73. The van der Waals surface area contributed by atoms with E-state index in [2.05, 4.69) is 0 Å². The molecule has 7 nitrogen and oxygen atoms in total. The van der Waals surface area contributed by atoms with Gasteiger partial charge in [-0.1, -0.05) is 6.07 Å². The molecule has 1 amide bonds. The molecule has 2 heterocycles. The molecule has 1 unspecified atom stereocenters. The highest BCUT2D eigenvalue weighted by atomic mass is 32.2. The van der Waals surface area contributed by atoms with Crippen molar-refractivity contribution in [1.82, 2.24) is 9.21 Å². The van der Waals surface area contributed by atoms with Crippen molar-refractivity contribution in [2.45, 2.75) is 23.5 Å². The summed E-state index contributed by atoms with van der Waals surface area (Å²) in [7, 11) is -6.91. The summed E-state index contributed by atoms with van der Waals surface area (Å²) in [4.78, 5) is 15.5. The number of benzene rings is 1. The first kappa shape index (κ1) is 20.6. The quantitative estimate of drug-likeness (QED) is 0.659. The molecule has 150 valence electrons. The number of sulfone groups is 1. The zero-order valence-electron chi connectivity index (χ0n) is 15.4. The first-order chi connectivity index (χ1) is 12.6. The fourth-order valence-electron chi connectivity index (χ4n) is 3.48. The van der Waals surface area contributed by atoms with Crippen LogP contribution in [0.2, 0.25) is 0 Å². The standard InChI is InChI=1S/C17H24N2O5S3/c1-13-3-4-14(25-2)11-16(13)17(20)18-6-8-19(9-7-18)27(23,24)15-5-10-26(21,22)12-15/h3-4,11,15H,5-10,12H2,1-2H3. The molecule has 0 saturated carbocycles. The van der Waals surface area contributed by atoms with Crippen LogP contribution in [0.5, 0.6) is 0 Å². The van der Waals surface area contributed by atoms with Crippen LogP contribution in [0.25, 0.3) is 0 Å². The van der Waals surface area contributed by atoms with Crippen molar-refractivity contribution in [3.63, 3.8) is 0 Å². The van der Waals surface area contributed by atoms with Crippen LogP contribution in [0.4, 0.5) is 0 Å². The van der Waals surface area contributed by atoms with Crippen molar-refractivity contribution in [2.75, 3.05) is 43.9 Å². The van der Waals surface area contributed by atoms with Crippen LogP contribution in [0, 0.1) is 6.92 Å². The van der Waals surface area contributed by atoms with Crippen LogP contribution in [-0.2, 0) is 19.9 Å². The Hall–Kier alpha value is -1.10. The van der Waals surface area contributed by atoms with Gasteiger partial charge >= 0.3 is 0 Å². The molecular weight excluding hydrogens is 408 g/mol. The molecule has 27 heavy (non-hydrogen) atoms. The normalized spacial score (nSPS) is 23.5. The van der Waals surface area contributed by atoms with Gasteiger partial charge in [-0.15, -0.1) is 11.8 Å². The van der Waals surface area contributed by atoms with Crippen molar-refractivity contribution in [1.29, 1.82) is 0 Å². The van der Waals surface area contributed by atoms with E-state index in [0.29, 0.717) is 18.7 Å².